The SMILES string of the molecule is CCOc1cncc(NCc2ccnn2C)n1. The summed E-state index contributed by atoms with van der Waals surface area (Å²) >= 11 is 0. The lowest BCUT2D eigenvalue weighted by Gasteiger charge is -2.07. The molecule has 0 aliphatic heterocycles. The molecule has 2 aromatic rings. The maximum atomic E-state index is 5.28. The van der Waals surface area contributed by atoms with Crippen LogP contribution in [0.1, 0.15) is 12.6 Å². The Morgan fingerprint density at radius 2 is 2.29 bits per heavy atom. The number of anilines is 1. The highest BCUT2D eigenvalue weighted by Gasteiger charge is 2.01. The van der Waals surface area contributed by atoms with Gasteiger partial charge in [-0.2, -0.15) is 10.1 Å². The Balaban J connectivity index is 1.99. The zero-order valence-electron chi connectivity index (χ0n) is 9.92. The summed E-state index contributed by atoms with van der Waals surface area (Å²) in [7, 11) is 1.90. The lowest BCUT2D eigenvalue weighted by Crippen LogP contribution is -2.07. The monoisotopic (exact) mass is 233 g/mol. The molecule has 0 saturated carbocycles. The van der Waals surface area contributed by atoms with Crippen LogP contribution in [0.15, 0.2) is 24.7 Å². The van der Waals surface area contributed by atoms with Gasteiger partial charge >= 0.3 is 0 Å². The van der Waals surface area contributed by atoms with Crippen LogP contribution in [0.3, 0.4) is 0 Å². The Bertz CT molecular complexity index is 482. The van der Waals surface area contributed by atoms with E-state index in [2.05, 4.69) is 20.4 Å². The molecule has 0 unspecified atom stereocenters. The van der Waals surface area contributed by atoms with E-state index in [1.54, 1.807) is 18.6 Å². The first-order valence-corrected chi connectivity index (χ1v) is 5.45. The summed E-state index contributed by atoms with van der Waals surface area (Å²) in [5, 5.41) is 7.26. The van der Waals surface area contributed by atoms with Gasteiger partial charge in [-0.1, -0.05) is 0 Å². The van der Waals surface area contributed by atoms with Crippen molar-refractivity contribution >= 4 is 5.82 Å². The molecule has 17 heavy (non-hydrogen) atoms. The van der Waals surface area contributed by atoms with E-state index in [1.807, 2.05) is 24.7 Å². The minimum absolute atomic E-state index is 0.530. The zero-order valence-corrected chi connectivity index (χ0v) is 9.92. The van der Waals surface area contributed by atoms with Crippen molar-refractivity contribution in [2.45, 2.75) is 13.5 Å². The topological polar surface area (TPSA) is 64.9 Å². The lowest BCUT2D eigenvalue weighted by atomic mass is 10.4. The molecule has 0 atom stereocenters. The van der Waals surface area contributed by atoms with Crippen molar-refractivity contribution in [3.05, 3.63) is 30.4 Å². The van der Waals surface area contributed by atoms with Crippen LogP contribution in [-0.2, 0) is 13.6 Å². The molecular weight excluding hydrogens is 218 g/mol. The standard InChI is InChI=1S/C11H15N5O/c1-3-17-11-8-12-7-10(15-11)13-6-9-4-5-14-16(9)2/h4-5,7-8H,3,6H2,1-2H3,(H,13,15). The van der Waals surface area contributed by atoms with E-state index in [1.165, 1.54) is 0 Å². The van der Waals surface area contributed by atoms with Crippen molar-refractivity contribution in [3.8, 4) is 5.88 Å². The molecule has 0 fully saturated rings. The number of nitrogens with one attached hydrogen (secondary N) is 1. The van der Waals surface area contributed by atoms with Crippen LogP contribution >= 0.6 is 0 Å². The summed E-state index contributed by atoms with van der Waals surface area (Å²) in [5.74, 6) is 1.22. The Morgan fingerprint density at radius 3 is 3.00 bits per heavy atom. The predicted octanol–water partition coefficient (Wildman–Crippen LogP) is 1.22. The lowest BCUT2D eigenvalue weighted by molar-refractivity contribution is 0.325. The van der Waals surface area contributed by atoms with Gasteiger partial charge in [-0.3, -0.25) is 9.67 Å². The van der Waals surface area contributed by atoms with Crippen molar-refractivity contribution in [1.29, 1.82) is 0 Å². The Morgan fingerprint density at radius 1 is 1.41 bits per heavy atom. The highest BCUT2D eigenvalue weighted by atomic mass is 16.5. The van der Waals surface area contributed by atoms with Crippen LogP contribution < -0.4 is 10.1 Å². The normalized spacial score (nSPS) is 10.2. The molecule has 0 radical (unpaired) electrons. The summed E-state index contributed by atoms with van der Waals surface area (Å²) in [4.78, 5) is 8.32. The molecule has 0 bridgehead atoms. The van der Waals surface area contributed by atoms with Gasteiger partial charge < -0.3 is 10.1 Å². The van der Waals surface area contributed by atoms with Gasteiger partial charge in [0, 0.05) is 13.2 Å². The molecule has 2 aromatic heterocycles. The van der Waals surface area contributed by atoms with Crippen molar-refractivity contribution < 1.29 is 4.74 Å². The predicted molar refractivity (Wildman–Crippen MR) is 63.7 cm³/mol. The molecule has 1 N–H and O–H groups in total. The van der Waals surface area contributed by atoms with E-state index in [0.29, 0.717) is 24.8 Å². The van der Waals surface area contributed by atoms with E-state index in [-0.39, 0.29) is 0 Å². The summed E-state index contributed by atoms with van der Waals surface area (Å²) in [5.41, 5.74) is 1.08. The first-order valence-electron chi connectivity index (χ1n) is 5.45. The third kappa shape index (κ3) is 2.93. The van der Waals surface area contributed by atoms with E-state index >= 15 is 0 Å². The summed E-state index contributed by atoms with van der Waals surface area (Å²) in [6, 6.07) is 1.95. The second-order valence-electron chi connectivity index (χ2n) is 3.48. The van der Waals surface area contributed by atoms with Gasteiger partial charge in [-0.05, 0) is 13.0 Å². The quantitative estimate of drug-likeness (QED) is 0.841. The van der Waals surface area contributed by atoms with Gasteiger partial charge in [0.05, 0.1) is 31.2 Å². The molecule has 2 heterocycles. The second-order valence-corrected chi connectivity index (χ2v) is 3.48. The Hall–Kier alpha value is -2.11. The van der Waals surface area contributed by atoms with Gasteiger partial charge in [-0.25, -0.2) is 0 Å². The first kappa shape index (κ1) is 11.4. The van der Waals surface area contributed by atoms with E-state index in [9.17, 15) is 0 Å². The fourth-order valence-corrected chi connectivity index (χ4v) is 1.41. The summed E-state index contributed by atoms with van der Waals surface area (Å²) in [6.45, 7) is 3.15. The fraction of sp³-hybridized carbons (Fsp3) is 0.364. The van der Waals surface area contributed by atoms with E-state index in [0.717, 1.165) is 5.69 Å². The summed E-state index contributed by atoms with van der Waals surface area (Å²) < 4.78 is 7.09. The van der Waals surface area contributed by atoms with Gasteiger partial charge in [-0.15, -0.1) is 0 Å². The highest BCUT2D eigenvalue weighted by Crippen LogP contribution is 2.10. The van der Waals surface area contributed by atoms with Crippen molar-refractivity contribution in [3.63, 3.8) is 0 Å². The van der Waals surface area contributed by atoms with Crippen LogP contribution in [0.4, 0.5) is 5.82 Å². The number of hydrogen-bond donors (Lipinski definition) is 1. The molecule has 0 aliphatic rings. The third-order valence-electron chi connectivity index (χ3n) is 2.28. The second kappa shape index (κ2) is 5.29. The van der Waals surface area contributed by atoms with Gasteiger partial charge in [0.2, 0.25) is 5.88 Å². The van der Waals surface area contributed by atoms with Crippen molar-refractivity contribution in [2.24, 2.45) is 7.05 Å². The number of hydrogen-bond acceptors (Lipinski definition) is 5. The molecule has 6 nitrogen and oxygen atoms in total. The van der Waals surface area contributed by atoms with Crippen LogP contribution in [0.2, 0.25) is 0 Å². The van der Waals surface area contributed by atoms with Crippen LogP contribution in [0, 0.1) is 0 Å². The van der Waals surface area contributed by atoms with Crippen LogP contribution in [-0.4, -0.2) is 26.4 Å². The molecule has 2 rings (SSSR count). The molecule has 6 heteroatoms. The van der Waals surface area contributed by atoms with E-state index in [4.69, 9.17) is 4.74 Å². The number of ether oxygens (including phenoxy) is 1. The van der Waals surface area contributed by atoms with Crippen molar-refractivity contribution in [2.75, 3.05) is 11.9 Å². The van der Waals surface area contributed by atoms with Gasteiger partial charge in [0.15, 0.2) is 0 Å². The summed E-state index contributed by atoms with van der Waals surface area (Å²) in [6.07, 6.45) is 5.02. The van der Waals surface area contributed by atoms with E-state index < -0.39 is 0 Å². The van der Waals surface area contributed by atoms with Crippen molar-refractivity contribution in [1.82, 2.24) is 19.7 Å². The first-order chi connectivity index (χ1) is 8.29. The average molecular weight is 233 g/mol. The minimum Gasteiger partial charge on any atom is -0.477 e. The molecular formula is C11H15N5O. The maximum absolute atomic E-state index is 5.28. The number of aromatic nitrogens is 4. The number of aryl methyl sites for hydroxylation is 1. The largest absolute Gasteiger partial charge is 0.477 e. The molecule has 0 spiro atoms. The highest BCUT2D eigenvalue weighted by molar-refractivity contribution is 5.33. The third-order valence-corrected chi connectivity index (χ3v) is 2.28. The average Bonchev–Trinajstić information content (AvgIpc) is 2.73. The number of rotatable bonds is 5. The minimum atomic E-state index is 0.530. The number of nitrogens with zero attached hydrogens (tertiary/aromatic N) is 4. The Kier molecular flexibility index (Phi) is 3.54. The van der Waals surface area contributed by atoms with Crippen LogP contribution in [0.25, 0.3) is 0 Å². The smallest absolute Gasteiger partial charge is 0.234 e. The molecule has 90 valence electrons. The fourth-order valence-electron chi connectivity index (χ4n) is 1.41. The zero-order chi connectivity index (χ0) is 12.1. The van der Waals surface area contributed by atoms with Gasteiger partial charge in [0.25, 0.3) is 0 Å². The van der Waals surface area contributed by atoms with Crippen LogP contribution in [0.5, 0.6) is 5.88 Å². The molecule has 0 aromatic carbocycles. The molecule has 0 amide bonds. The molecule has 0 aliphatic carbocycles. The Labute approximate surface area is 99.7 Å². The van der Waals surface area contributed by atoms with Gasteiger partial charge in [0.1, 0.15) is 5.82 Å². The maximum Gasteiger partial charge on any atom is 0.234 e. The molecule has 0 saturated heterocycles.